The first-order valence-corrected chi connectivity index (χ1v) is 7.12. The van der Waals surface area contributed by atoms with Gasteiger partial charge in [-0.3, -0.25) is 9.59 Å². The zero-order valence-electron chi connectivity index (χ0n) is 12.7. The first-order chi connectivity index (χ1) is 10.6. The van der Waals surface area contributed by atoms with E-state index in [2.05, 4.69) is 5.32 Å². The fraction of sp³-hybridized carbons (Fsp3) is 0.467. The molecular weight excluding hydrogens is 306 g/mol. The number of aryl methyl sites for hydroxylation is 1. The Hall–Kier alpha value is -2.00. The molecule has 1 amide bonds. The van der Waals surface area contributed by atoms with Crippen molar-refractivity contribution in [3.8, 4) is 0 Å². The van der Waals surface area contributed by atoms with Crippen LogP contribution >= 0.6 is 0 Å². The van der Waals surface area contributed by atoms with Crippen molar-refractivity contribution in [1.82, 2.24) is 0 Å². The van der Waals surface area contributed by atoms with Crippen molar-refractivity contribution < 1.29 is 35.1 Å². The number of benzene rings is 1. The van der Waals surface area contributed by atoms with Gasteiger partial charge in [-0.15, -0.1) is 0 Å². The van der Waals surface area contributed by atoms with Crippen molar-refractivity contribution >= 4 is 17.6 Å². The van der Waals surface area contributed by atoms with Crippen molar-refractivity contribution in [3.63, 3.8) is 0 Å². The lowest BCUT2D eigenvalue weighted by atomic mass is 9.99. The van der Waals surface area contributed by atoms with E-state index in [1.807, 2.05) is 0 Å². The number of rotatable bonds is 8. The molecule has 0 heterocycles. The van der Waals surface area contributed by atoms with Gasteiger partial charge < -0.3 is 30.8 Å². The summed E-state index contributed by atoms with van der Waals surface area (Å²) in [5.74, 6) is -8.86. The summed E-state index contributed by atoms with van der Waals surface area (Å²) in [6.07, 6.45) is -0.267. The molecule has 0 aliphatic carbocycles. The molecule has 0 aliphatic heterocycles. The van der Waals surface area contributed by atoms with Gasteiger partial charge >= 0.3 is 11.8 Å². The predicted octanol–water partition coefficient (Wildman–Crippen LogP) is -0.196. The van der Waals surface area contributed by atoms with Gasteiger partial charge in [0, 0.05) is 18.5 Å². The van der Waals surface area contributed by atoms with Crippen LogP contribution in [-0.2, 0) is 16.0 Å². The molecule has 1 aromatic carbocycles. The van der Waals surface area contributed by atoms with E-state index < -0.39 is 29.9 Å². The van der Waals surface area contributed by atoms with Crippen molar-refractivity contribution in [2.24, 2.45) is 0 Å². The Morgan fingerprint density at radius 2 is 1.74 bits per heavy atom. The Bertz CT molecular complexity index is 569. The van der Waals surface area contributed by atoms with Crippen LogP contribution in [0.5, 0.6) is 0 Å². The first kappa shape index (κ1) is 19.0. The molecule has 1 aromatic rings. The van der Waals surface area contributed by atoms with E-state index in [9.17, 15) is 30.0 Å². The number of hydrogen-bond donors (Lipinski definition) is 6. The SMILES string of the molecule is CCCC(O)(O)C(O)(O)C(=O)Nc1ccccc1CCC(=O)O. The molecule has 0 fully saturated rings. The summed E-state index contributed by atoms with van der Waals surface area (Å²) in [4.78, 5) is 22.6. The Morgan fingerprint density at radius 3 is 2.30 bits per heavy atom. The lowest BCUT2D eigenvalue weighted by molar-refractivity contribution is -0.337. The maximum absolute atomic E-state index is 12.0. The Morgan fingerprint density at radius 1 is 1.13 bits per heavy atom. The van der Waals surface area contributed by atoms with Gasteiger partial charge in [0.15, 0.2) is 0 Å². The maximum atomic E-state index is 12.0. The summed E-state index contributed by atoms with van der Waals surface area (Å²) in [5, 5.41) is 49.7. The average Bonchev–Trinajstić information content (AvgIpc) is 2.45. The third-order valence-electron chi connectivity index (χ3n) is 3.35. The lowest BCUT2D eigenvalue weighted by Crippen LogP contribution is -2.61. The summed E-state index contributed by atoms with van der Waals surface area (Å²) < 4.78 is 0. The summed E-state index contributed by atoms with van der Waals surface area (Å²) in [6.45, 7) is 1.58. The van der Waals surface area contributed by atoms with Crippen LogP contribution in [-0.4, -0.2) is 49.0 Å². The van der Waals surface area contributed by atoms with Crippen molar-refractivity contribution in [1.29, 1.82) is 0 Å². The zero-order valence-corrected chi connectivity index (χ0v) is 12.7. The highest BCUT2D eigenvalue weighted by molar-refractivity contribution is 5.97. The van der Waals surface area contributed by atoms with Crippen molar-refractivity contribution in [2.45, 2.75) is 44.2 Å². The van der Waals surface area contributed by atoms with Gasteiger partial charge in [-0.25, -0.2) is 0 Å². The molecule has 0 saturated carbocycles. The number of aliphatic carboxylic acids is 1. The number of carboxylic acid groups (broad SMARTS) is 1. The first-order valence-electron chi connectivity index (χ1n) is 7.12. The van der Waals surface area contributed by atoms with Crippen LogP contribution in [0.4, 0.5) is 5.69 Å². The van der Waals surface area contributed by atoms with E-state index in [0.717, 1.165) is 0 Å². The number of carbonyl (C=O) groups excluding carboxylic acids is 1. The van der Waals surface area contributed by atoms with Gasteiger partial charge in [-0.2, -0.15) is 0 Å². The molecule has 0 saturated heterocycles. The van der Waals surface area contributed by atoms with Crippen LogP contribution in [0.25, 0.3) is 0 Å². The third kappa shape index (κ3) is 4.73. The minimum Gasteiger partial charge on any atom is -0.481 e. The number of carbonyl (C=O) groups is 2. The third-order valence-corrected chi connectivity index (χ3v) is 3.35. The fourth-order valence-electron chi connectivity index (χ4n) is 2.02. The predicted molar refractivity (Wildman–Crippen MR) is 80.3 cm³/mol. The van der Waals surface area contributed by atoms with E-state index in [1.165, 1.54) is 6.07 Å². The monoisotopic (exact) mass is 327 g/mol. The Kier molecular flexibility index (Phi) is 6.22. The number of hydrogen-bond acceptors (Lipinski definition) is 6. The van der Waals surface area contributed by atoms with Crippen LogP contribution in [0.3, 0.4) is 0 Å². The van der Waals surface area contributed by atoms with Gasteiger partial charge in [0.2, 0.25) is 5.79 Å². The fourth-order valence-corrected chi connectivity index (χ4v) is 2.02. The van der Waals surface area contributed by atoms with E-state index in [-0.39, 0.29) is 24.9 Å². The molecule has 8 heteroatoms. The van der Waals surface area contributed by atoms with E-state index in [0.29, 0.717) is 5.56 Å². The molecule has 1 rings (SSSR count). The highest BCUT2D eigenvalue weighted by Gasteiger charge is 2.53. The number of amides is 1. The second-order valence-corrected chi connectivity index (χ2v) is 5.24. The minimum absolute atomic E-state index is 0.119. The van der Waals surface area contributed by atoms with Gasteiger partial charge in [0.25, 0.3) is 5.91 Å². The van der Waals surface area contributed by atoms with Crippen LogP contribution in [0.15, 0.2) is 24.3 Å². The molecule has 128 valence electrons. The standard InChI is InChI=1S/C15H21NO7/c1-2-9-14(20,21)15(22,23)13(19)16-11-6-4-3-5-10(11)7-8-12(17)18/h3-6,20-23H,2,7-9H2,1H3,(H,16,19)(H,17,18). The second-order valence-electron chi connectivity index (χ2n) is 5.24. The van der Waals surface area contributed by atoms with Crippen LogP contribution in [0, 0.1) is 0 Å². The smallest absolute Gasteiger partial charge is 0.303 e. The summed E-state index contributed by atoms with van der Waals surface area (Å²) in [6, 6.07) is 6.22. The van der Waals surface area contributed by atoms with Crippen LogP contribution < -0.4 is 5.32 Å². The largest absolute Gasteiger partial charge is 0.481 e. The summed E-state index contributed by atoms with van der Waals surface area (Å²) in [7, 11) is 0. The van der Waals surface area contributed by atoms with Gasteiger partial charge in [-0.1, -0.05) is 31.5 Å². The van der Waals surface area contributed by atoms with E-state index in [1.54, 1.807) is 25.1 Å². The van der Waals surface area contributed by atoms with Crippen molar-refractivity contribution in [3.05, 3.63) is 29.8 Å². The normalized spacial score (nSPS) is 12.0. The second kappa shape index (κ2) is 7.51. The van der Waals surface area contributed by atoms with Crippen LogP contribution in [0.1, 0.15) is 31.7 Å². The lowest BCUT2D eigenvalue weighted by Gasteiger charge is -2.33. The van der Waals surface area contributed by atoms with Gasteiger partial charge in [0.1, 0.15) is 0 Å². The van der Waals surface area contributed by atoms with E-state index in [4.69, 9.17) is 5.11 Å². The quantitative estimate of drug-likeness (QED) is 0.362. The Labute approximate surface area is 133 Å². The molecule has 6 N–H and O–H groups in total. The molecular formula is C15H21NO7. The molecule has 0 atom stereocenters. The summed E-state index contributed by atoms with van der Waals surface area (Å²) in [5.41, 5.74) is 0.634. The number of para-hydroxylation sites is 1. The molecule has 0 radical (unpaired) electrons. The molecule has 0 bridgehead atoms. The van der Waals surface area contributed by atoms with Crippen LogP contribution in [0.2, 0.25) is 0 Å². The molecule has 23 heavy (non-hydrogen) atoms. The van der Waals surface area contributed by atoms with Gasteiger partial charge in [-0.05, 0) is 18.1 Å². The van der Waals surface area contributed by atoms with Crippen molar-refractivity contribution in [2.75, 3.05) is 5.32 Å². The molecule has 0 aromatic heterocycles. The minimum atomic E-state index is -3.41. The maximum Gasteiger partial charge on any atom is 0.303 e. The highest BCUT2D eigenvalue weighted by Crippen LogP contribution is 2.25. The van der Waals surface area contributed by atoms with Gasteiger partial charge in [0.05, 0.1) is 0 Å². The highest BCUT2D eigenvalue weighted by atomic mass is 16.6. The average molecular weight is 327 g/mol. The van der Waals surface area contributed by atoms with E-state index >= 15 is 0 Å². The molecule has 0 unspecified atom stereocenters. The zero-order chi connectivity index (χ0) is 17.7. The molecule has 8 nitrogen and oxygen atoms in total. The number of nitrogens with one attached hydrogen (secondary N) is 1. The molecule has 0 spiro atoms. The number of aliphatic hydroxyl groups is 4. The summed E-state index contributed by atoms with van der Waals surface area (Å²) >= 11 is 0. The Balaban J connectivity index is 2.94. The number of carboxylic acids is 1. The number of anilines is 1. The molecule has 0 aliphatic rings. The topological polar surface area (TPSA) is 147 Å².